The molecule has 8 heteroatoms. The zero-order chi connectivity index (χ0) is 23.6. The summed E-state index contributed by atoms with van der Waals surface area (Å²) in [6.07, 6.45) is 2.22. The Morgan fingerprint density at radius 1 is 0.968 bits per heavy atom. The molecule has 1 aliphatic rings. The second-order valence-electron chi connectivity index (χ2n) is 11.2. The van der Waals surface area contributed by atoms with E-state index < -0.39 is 0 Å². The topological polar surface area (TPSA) is 75.4 Å². The second kappa shape index (κ2) is 13.1. The van der Waals surface area contributed by atoms with Gasteiger partial charge in [0.05, 0.1) is 20.0 Å². The first kappa shape index (κ1) is 29.1. The van der Waals surface area contributed by atoms with E-state index in [1.54, 1.807) is 0 Å². The Morgan fingerprint density at radius 3 is 2.16 bits per heavy atom. The number of rotatable bonds is 7. The van der Waals surface area contributed by atoms with Gasteiger partial charge in [0.2, 0.25) is 0 Å². The summed E-state index contributed by atoms with van der Waals surface area (Å²) < 4.78 is -0.128. The first-order valence-corrected chi connectivity index (χ1v) is 12.5. The molecule has 0 amide bonds. The Balaban J connectivity index is 2.97. The molecule has 0 aliphatic carbocycles. The van der Waals surface area contributed by atoms with Crippen molar-refractivity contribution in [2.45, 2.75) is 77.1 Å². The van der Waals surface area contributed by atoms with Crippen LogP contribution < -0.4 is 31.9 Å². The first-order chi connectivity index (χ1) is 14.4. The Morgan fingerprint density at radius 2 is 1.58 bits per heavy atom. The maximum Gasteiger partial charge on any atom is 0.0509 e. The third-order valence-electron chi connectivity index (χ3n) is 6.56. The second-order valence-corrected chi connectivity index (χ2v) is 12.3. The minimum Gasteiger partial charge on any atom is -0.319 e. The van der Waals surface area contributed by atoms with E-state index in [1.807, 2.05) is 7.05 Å². The molecule has 0 bridgehead atoms. The molecule has 1 unspecified atom stereocenters. The van der Waals surface area contributed by atoms with Crippen LogP contribution in [0.15, 0.2) is 0 Å². The molecule has 0 saturated carbocycles. The smallest absolute Gasteiger partial charge is 0.0509 e. The predicted octanol–water partition coefficient (Wildman–Crippen LogP) is 1.39. The van der Waals surface area contributed by atoms with Crippen LogP contribution in [0.5, 0.6) is 0 Å². The Labute approximate surface area is 198 Å². The molecule has 7 nitrogen and oxygen atoms in total. The van der Waals surface area contributed by atoms with Gasteiger partial charge in [-0.1, -0.05) is 20.8 Å². The molecule has 6 N–H and O–H groups in total. The zero-order valence-corrected chi connectivity index (χ0v) is 22.6. The summed E-state index contributed by atoms with van der Waals surface area (Å²) >= 11 is 5.03. The van der Waals surface area contributed by atoms with Gasteiger partial charge in [-0.3, -0.25) is 15.5 Å². The molecule has 0 spiro atoms. The lowest BCUT2D eigenvalue weighted by Crippen LogP contribution is -2.60. The number of nitrogens with one attached hydrogen (secondary N) is 6. The van der Waals surface area contributed by atoms with E-state index in [0.717, 1.165) is 72.1 Å². The molecule has 1 fully saturated rings. The SMILES string of the molecule is CCCNCN1CNC(C)(C)CCNCC(CNC)(C(C)(C)S)CNCC(C)(C)NC1. The fourth-order valence-electron chi connectivity index (χ4n) is 3.90. The van der Waals surface area contributed by atoms with Crippen LogP contribution >= 0.6 is 12.6 Å². The van der Waals surface area contributed by atoms with Crippen LogP contribution in [0.2, 0.25) is 0 Å². The van der Waals surface area contributed by atoms with Crippen molar-refractivity contribution in [2.24, 2.45) is 5.41 Å². The Bertz CT molecular complexity index is 493. The number of hydrogen-bond donors (Lipinski definition) is 7. The van der Waals surface area contributed by atoms with Gasteiger partial charge in [0.25, 0.3) is 0 Å². The third kappa shape index (κ3) is 10.7. The number of thiol groups is 1. The van der Waals surface area contributed by atoms with E-state index in [9.17, 15) is 0 Å². The zero-order valence-electron chi connectivity index (χ0n) is 21.7. The van der Waals surface area contributed by atoms with Gasteiger partial charge in [0.1, 0.15) is 0 Å². The lowest BCUT2D eigenvalue weighted by atomic mass is 9.75. The highest BCUT2D eigenvalue weighted by molar-refractivity contribution is 7.81. The minimum atomic E-state index is -0.128. The van der Waals surface area contributed by atoms with Crippen molar-refractivity contribution >= 4 is 12.6 Å². The van der Waals surface area contributed by atoms with Crippen LogP contribution in [-0.2, 0) is 0 Å². The summed E-state index contributed by atoms with van der Waals surface area (Å²) in [4.78, 5) is 2.41. The summed E-state index contributed by atoms with van der Waals surface area (Å²) in [5.74, 6) is 0. The number of nitrogens with zero attached hydrogens (tertiary/aromatic N) is 1. The molecule has 1 aliphatic heterocycles. The summed E-state index contributed by atoms with van der Waals surface area (Å²) in [7, 11) is 2.04. The van der Waals surface area contributed by atoms with E-state index in [4.69, 9.17) is 12.6 Å². The molecular weight excluding hydrogens is 406 g/mol. The highest BCUT2D eigenvalue weighted by Gasteiger charge is 2.42. The van der Waals surface area contributed by atoms with Crippen LogP contribution in [0.25, 0.3) is 0 Å². The van der Waals surface area contributed by atoms with E-state index >= 15 is 0 Å². The summed E-state index contributed by atoms with van der Waals surface area (Å²) in [6, 6.07) is 0. The first-order valence-electron chi connectivity index (χ1n) is 12.1. The average molecular weight is 460 g/mol. The fraction of sp³-hybridized carbons (Fsp3) is 1.00. The number of hydrogen-bond acceptors (Lipinski definition) is 8. The van der Waals surface area contributed by atoms with Crippen molar-refractivity contribution in [2.75, 3.05) is 66.3 Å². The molecule has 1 saturated heterocycles. The van der Waals surface area contributed by atoms with Crippen LogP contribution in [0.1, 0.15) is 61.3 Å². The molecule has 31 heavy (non-hydrogen) atoms. The van der Waals surface area contributed by atoms with Gasteiger partial charge in [0.15, 0.2) is 0 Å². The van der Waals surface area contributed by atoms with Gasteiger partial charge in [-0.25, -0.2) is 0 Å². The fourth-order valence-corrected chi connectivity index (χ4v) is 4.14. The lowest BCUT2D eigenvalue weighted by molar-refractivity contribution is 0.164. The van der Waals surface area contributed by atoms with Crippen molar-refractivity contribution in [3.8, 4) is 0 Å². The van der Waals surface area contributed by atoms with Crippen LogP contribution in [0.4, 0.5) is 0 Å². The van der Waals surface area contributed by atoms with E-state index in [2.05, 4.69) is 85.3 Å². The molecule has 0 radical (unpaired) electrons. The standard InChI is InChI=1S/C23H53N7S/c1-9-11-26-17-30-18-28-20(2,3)10-12-25-15-23(14-24-8,22(6,7)31)16-27-13-21(4,5)29-19-30/h24-29,31H,9-19H2,1-8H3. The molecular formula is C23H53N7S. The van der Waals surface area contributed by atoms with Crippen molar-refractivity contribution in [1.82, 2.24) is 36.8 Å². The normalized spacial score (nSPS) is 27.4. The summed E-state index contributed by atoms with van der Waals surface area (Å²) in [6.45, 7) is 24.1. The van der Waals surface area contributed by atoms with Crippen molar-refractivity contribution < 1.29 is 0 Å². The Hall–Kier alpha value is 0.0700. The molecule has 0 aromatic rings. The van der Waals surface area contributed by atoms with Crippen molar-refractivity contribution in [3.05, 3.63) is 0 Å². The Kier molecular flexibility index (Phi) is 12.3. The maximum atomic E-state index is 5.03. The molecule has 0 aromatic heterocycles. The molecule has 186 valence electrons. The van der Waals surface area contributed by atoms with Crippen molar-refractivity contribution in [3.63, 3.8) is 0 Å². The van der Waals surface area contributed by atoms with Crippen LogP contribution in [0, 0.1) is 5.41 Å². The van der Waals surface area contributed by atoms with E-state index in [0.29, 0.717) is 0 Å². The monoisotopic (exact) mass is 459 g/mol. The summed E-state index contributed by atoms with van der Waals surface area (Å²) in [5, 5.41) is 22.0. The quantitative estimate of drug-likeness (QED) is 0.229. The molecule has 0 aromatic carbocycles. The largest absolute Gasteiger partial charge is 0.319 e. The van der Waals surface area contributed by atoms with Crippen LogP contribution in [0.3, 0.4) is 0 Å². The van der Waals surface area contributed by atoms with Gasteiger partial charge in [0, 0.05) is 47.4 Å². The summed E-state index contributed by atoms with van der Waals surface area (Å²) in [5.41, 5.74) is 0.0408. The molecule has 1 rings (SSSR count). The van der Waals surface area contributed by atoms with Gasteiger partial charge in [-0.15, -0.1) is 0 Å². The molecule has 1 heterocycles. The van der Waals surface area contributed by atoms with Gasteiger partial charge in [-0.2, -0.15) is 12.6 Å². The highest BCUT2D eigenvalue weighted by Crippen LogP contribution is 2.35. The van der Waals surface area contributed by atoms with Crippen molar-refractivity contribution in [1.29, 1.82) is 0 Å². The lowest BCUT2D eigenvalue weighted by Gasteiger charge is -2.45. The average Bonchev–Trinajstić information content (AvgIpc) is 2.65. The van der Waals surface area contributed by atoms with Gasteiger partial charge >= 0.3 is 0 Å². The predicted molar refractivity (Wildman–Crippen MR) is 139 cm³/mol. The van der Waals surface area contributed by atoms with E-state index in [-0.39, 0.29) is 21.2 Å². The van der Waals surface area contributed by atoms with E-state index in [1.165, 1.54) is 0 Å². The maximum absolute atomic E-state index is 5.03. The van der Waals surface area contributed by atoms with Gasteiger partial charge < -0.3 is 21.3 Å². The minimum absolute atomic E-state index is 0.00516. The van der Waals surface area contributed by atoms with Gasteiger partial charge in [-0.05, 0) is 60.7 Å². The third-order valence-corrected chi connectivity index (χ3v) is 7.03. The highest BCUT2D eigenvalue weighted by atomic mass is 32.1. The van der Waals surface area contributed by atoms with Crippen LogP contribution in [-0.4, -0.2) is 87.0 Å². The molecule has 1 atom stereocenters.